The molecule has 0 saturated heterocycles. The van der Waals surface area contributed by atoms with Crippen LogP contribution in [-0.2, 0) is 11.2 Å². The zero-order valence-corrected chi connectivity index (χ0v) is 15.0. The minimum Gasteiger partial charge on any atom is -0.353 e. The van der Waals surface area contributed by atoms with Crippen molar-refractivity contribution in [2.24, 2.45) is 16.7 Å². The molecule has 0 spiro atoms. The minimum absolute atomic E-state index is 0.0562. The van der Waals surface area contributed by atoms with Gasteiger partial charge in [-0.3, -0.25) is 4.79 Å². The van der Waals surface area contributed by atoms with Crippen molar-refractivity contribution in [3.05, 3.63) is 35.4 Å². The van der Waals surface area contributed by atoms with Gasteiger partial charge in [0.15, 0.2) is 0 Å². The molecule has 1 amide bonds. The van der Waals surface area contributed by atoms with Crippen LogP contribution in [0.5, 0.6) is 0 Å². The van der Waals surface area contributed by atoms with Gasteiger partial charge in [-0.1, -0.05) is 57.5 Å². The third-order valence-electron chi connectivity index (χ3n) is 6.27. The number of benzene rings is 1. The van der Waals surface area contributed by atoms with Crippen LogP contribution in [0.15, 0.2) is 24.3 Å². The van der Waals surface area contributed by atoms with E-state index in [2.05, 4.69) is 71.1 Å². The molecule has 122 valence electrons. The van der Waals surface area contributed by atoms with Crippen molar-refractivity contribution in [3.8, 4) is 0 Å². The van der Waals surface area contributed by atoms with Crippen LogP contribution in [0.4, 0.5) is 0 Å². The van der Waals surface area contributed by atoms with Crippen LogP contribution >= 0.6 is 0 Å². The Labute approximate surface area is 135 Å². The van der Waals surface area contributed by atoms with Crippen LogP contribution in [0.2, 0.25) is 0 Å². The highest BCUT2D eigenvalue weighted by molar-refractivity contribution is 5.83. The van der Waals surface area contributed by atoms with Crippen molar-refractivity contribution in [1.29, 1.82) is 0 Å². The molecule has 0 bridgehead atoms. The van der Waals surface area contributed by atoms with Crippen LogP contribution in [0, 0.1) is 23.7 Å². The van der Waals surface area contributed by atoms with E-state index in [4.69, 9.17) is 0 Å². The molecule has 2 nitrogen and oxygen atoms in total. The van der Waals surface area contributed by atoms with Gasteiger partial charge in [0.2, 0.25) is 5.91 Å². The Morgan fingerprint density at radius 1 is 1.27 bits per heavy atom. The fourth-order valence-electron chi connectivity index (χ4n) is 3.65. The Kier molecular flexibility index (Phi) is 4.70. The normalized spacial score (nSPS) is 28.4. The Balaban J connectivity index is 2.01. The number of hydrogen-bond acceptors (Lipinski definition) is 1. The molecule has 1 fully saturated rings. The Morgan fingerprint density at radius 2 is 1.86 bits per heavy atom. The molecule has 0 aliphatic heterocycles. The van der Waals surface area contributed by atoms with Gasteiger partial charge in [0, 0.05) is 6.04 Å². The molecule has 3 atom stereocenters. The molecule has 1 saturated carbocycles. The maximum Gasteiger partial charge on any atom is 0.226 e. The zero-order chi connectivity index (χ0) is 16.5. The number of carbonyl (C=O) groups excluding carboxylic acids is 1. The fourth-order valence-corrected chi connectivity index (χ4v) is 3.65. The zero-order valence-electron chi connectivity index (χ0n) is 15.0. The van der Waals surface area contributed by atoms with Gasteiger partial charge in [0.05, 0.1) is 5.41 Å². The summed E-state index contributed by atoms with van der Waals surface area (Å²) in [7, 11) is 0. The molecule has 22 heavy (non-hydrogen) atoms. The molecule has 2 rings (SSSR count). The van der Waals surface area contributed by atoms with Gasteiger partial charge < -0.3 is 5.32 Å². The monoisotopic (exact) mass is 301 g/mol. The molecule has 1 N–H and O–H groups in total. The van der Waals surface area contributed by atoms with Crippen LogP contribution < -0.4 is 5.32 Å². The lowest BCUT2D eigenvalue weighted by Gasteiger charge is -2.40. The average molecular weight is 301 g/mol. The highest BCUT2D eigenvalue weighted by Crippen LogP contribution is 2.55. The van der Waals surface area contributed by atoms with Crippen LogP contribution in [-0.4, -0.2) is 11.9 Å². The van der Waals surface area contributed by atoms with E-state index in [1.54, 1.807) is 0 Å². The standard InChI is InChI=1S/C20H31NO/c1-14-7-9-17(10-8-14)13-16(3)21-18(22)20(6)12-11-15(2)19(20,4)5/h7-10,15-16H,11-13H2,1-6H3,(H,21,22). The summed E-state index contributed by atoms with van der Waals surface area (Å²) in [5.74, 6) is 0.817. The predicted molar refractivity (Wildman–Crippen MR) is 92.8 cm³/mol. The van der Waals surface area contributed by atoms with E-state index >= 15 is 0 Å². The lowest BCUT2D eigenvalue weighted by atomic mass is 9.65. The Bertz CT molecular complexity index is 531. The van der Waals surface area contributed by atoms with E-state index < -0.39 is 0 Å². The SMILES string of the molecule is Cc1ccc(CC(C)NC(=O)C2(C)CCC(C)C2(C)C)cc1. The van der Waals surface area contributed by atoms with Crippen molar-refractivity contribution in [1.82, 2.24) is 5.32 Å². The number of rotatable bonds is 4. The van der Waals surface area contributed by atoms with Gasteiger partial charge >= 0.3 is 0 Å². The molecule has 3 unspecified atom stereocenters. The van der Waals surface area contributed by atoms with Crippen molar-refractivity contribution < 1.29 is 4.79 Å². The second-order valence-corrected chi connectivity index (χ2v) is 8.06. The van der Waals surface area contributed by atoms with E-state index in [0.717, 1.165) is 19.3 Å². The van der Waals surface area contributed by atoms with E-state index in [-0.39, 0.29) is 22.8 Å². The predicted octanol–water partition coefficient (Wildman–Crippen LogP) is 4.50. The molecular weight excluding hydrogens is 270 g/mol. The lowest BCUT2D eigenvalue weighted by molar-refractivity contribution is -0.136. The van der Waals surface area contributed by atoms with Gasteiger partial charge in [0.1, 0.15) is 0 Å². The molecule has 1 aromatic rings. The van der Waals surface area contributed by atoms with Crippen LogP contribution in [0.25, 0.3) is 0 Å². The van der Waals surface area contributed by atoms with Crippen molar-refractivity contribution in [2.75, 3.05) is 0 Å². The van der Waals surface area contributed by atoms with Crippen molar-refractivity contribution in [2.45, 2.75) is 66.8 Å². The minimum atomic E-state index is -0.256. The molecule has 1 aliphatic carbocycles. The van der Waals surface area contributed by atoms with Crippen molar-refractivity contribution in [3.63, 3.8) is 0 Å². The summed E-state index contributed by atoms with van der Waals surface area (Å²) < 4.78 is 0. The Hall–Kier alpha value is -1.31. The largest absolute Gasteiger partial charge is 0.353 e. The van der Waals surface area contributed by atoms with Gasteiger partial charge in [-0.25, -0.2) is 0 Å². The first-order valence-electron chi connectivity index (χ1n) is 8.53. The molecule has 1 aromatic carbocycles. The molecular formula is C20H31NO. The number of hydrogen-bond donors (Lipinski definition) is 1. The van der Waals surface area contributed by atoms with Crippen LogP contribution in [0.1, 0.15) is 58.6 Å². The number of amides is 1. The smallest absolute Gasteiger partial charge is 0.226 e. The maximum absolute atomic E-state index is 12.9. The number of nitrogens with one attached hydrogen (secondary N) is 1. The third kappa shape index (κ3) is 3.06. The molecule has 1 aliphatic rings. The highest BCUT2D eigenvalue weighted by Gasteiger charge is 2.54. The van der Waals surface area contributed by atoms with E-state index in [1.165, 1.54) is 11.1 Å². The first-order valence-corrected chi connectivity index (χ1v) is 8.53. The first-order chi connectivity index (χ1) is 10.2. The summed E-state index contributed by atoms with van der Waals surface area (Å²) in [6.07, 6.45) is 3.02. The maximum atomic E-state index is 12.9. The second-order valence-electron chi connectivity index (χ2n) is 8.06. The van der Waals surface area contributed by atoms with Crippen LogP contribution in [0.3, 0.4) is 0 Å². The highest BCUT2D eigenvalue weighted by atomic mass is 16.2. The summed E-state index contributed by atoms with van der Waals surface area (Å²) in [4.78, 5) is 12.9. The summed E-state index contributed by atoms with van der Waals surface area (Å²) in [5, 5.41) is 3.26. The lowest BCUT2D eigenvalue weighted by Crippen LogP contribution is -2.49. The van der Waals surface area contributed by atoms with Crippen molar-refractivity contribution >= 4 is 5.91 Å². The molecule has 2 heteroatoms. The summed E-state index contributed by atoms with van der Waals surface area (Å²) in [5.41, 5.74) is 2.35. The second kappa shape index (κ2) is 6.06. The topological polar surface area (TPSA) is 29.1 Å². The van der Waals surface area contributed by atoms with E-state index in [0.29, 0.717) is 5.92 Å². The summed E-state index contributed by atoms with van der Waals surface area (Å²) >= 11 is 0. The number of aryl methyl sites for hydroxylation is 1. The van der Waals surface area contributed by atoms with Gasteiger partial charge in [0.25, 0.3) is 0 Å². The first kappa shape index (κ1) is 17.1. The molecule has 0 radical (unpaired) electrons. The third-order valence-corrected chi connectivity index (χ3v) is 6.27. The van der Waals surface area contributed by atoms with Gasteiger partial charge in [-0.2, -0.15) is 0 Å². The number of carbonyl (C=O) groups is 1. The molecule has 0 aromatic heterocycles. The summed E-state index contributed by atoms with van der Waals surface area (Å²) in [6, 6.07) is 8.74. The Morgan fingerprint density at radius 3 is 2.36 bits per heavy atom. The molecule has 0 heterocycles. The van der Waals surface area contributed by atoms with Gasteiger partial charge in [-0.05, 0) is 50.0 Å². The summed E-state index contributed by atoms with van der Waals surface area (Å²) in [6.45, 7) is 13.1. The van der Waals surface area contributed by atoms with E-state index in [1.807, 2.05) is 0 Å². The quantitative estimate of drug-likeness (QED) is 0.871. The van der Waals surface area contributed by atoms with Gasteiger partial charge in [-0.15, -0.1) is 0 Å². The van der Waals surface area contributed by atoms with E-state index in [9.17, 15) is 4.79 Å². The average Bonchev–Trinajstić information content (AvgIpc) is 2.66. The fraction of sp³-hybridized carbons (Fsp3) is 0.650.